The number of nitriles is 2. The highest BCUT2D eigenvalue weighted by Gasteiger charge is 2.10. The van der Waals surface area contributed by atoms with E-state index in [1.165, 1.54) is 4.90 Å². The predicted molar refractivity (Wildman–Crippen MR) is 67.2 cm³/mol. The third-order valence-electron chi connectivity index (χ3n) is 2.19. The van der Waals surface area contributed by atoms with Crippen molar-refractivity contribution in [2.24, 2.45) is 0 Å². The number of nitrogens with zero attached hydrogens (tertiary/aromatic N) is 3. The lowest BCUT2D eigenvalue weighted by molar-refractivity contribution is -0.117. The minimum absolute atomic E-state index is 0.0184. The van der Waals surface area contributed by atoms with E-state index in [1.54, 1.807) is 24.3 Å². The Morgan fingerprint density at radius 2 is 1.89 bits per heavy atom. The van der Waals surface area contributed by atoms with E-state index in [4.69, 9.17) is 16.3 Å². The number of carbonyl (C=O) groups excluding carboxylic acids is 1. The lowest BCUT2D eigenvalue weighted by atomic mass is 10.2. The molecule has 0 radical (unpaired) electrons. The minimum atomic E-state index is -0.307. The number of para-hydroxylation sites is 2. The zero-order valence-corrected chi connectivity index (χ0v) is 9.76. The predicted octanol–water partition coefficient (Wildman–Crippen LogP) is 0.556. The molecule has 1 aromatic carbocycles. The van der Waals surface area contributed by atoms with Crippen molar-refractivity contribution < 1.29 is 4.79 Å². The minimum Gasteiger partial charge on any atom is -0.397 e. The van der Waals surface area contributed by atoms with Gasteiger partial charge in [-0.25, -0.2) is 0 Å². The van der Waals surface area contributed by atoms with Crippen molar-refractivity contribution in [3.05, 3.63) is 24.3 Å². The number of nitrogen functional groups attached to an aromatic ring is 1. The lowest BCUT2D eigenvalue weighted by Crippen LogP contribution is -2.34. The molecule has 0 saturated heterocycles. The zero-order chi connectivity index (χ0) is 13.4. The van der Waals surface area contributed by atoms with Crippen molar-refractivity contribution in [1.29, 1.82) is 10.5 Å². The number of hydrogen-bond donors (Lipinski definition) is 2. The van der Waals surface area contributed by atoms with E-state index in [1.807, 2.05) is 12.1 Å². The Kier molecular flexibility index (Phi) is 5.17. The van der Waals surface area contributed by atoms with Crippen molar-refractivity contribution in [3.8, 4) is 12.1 Å². The first kappa shape index (κ1) is 13.5. The van der Waals surface area contributed by atoms with Crippen LogP contribution in [0.1, 0.15) is 0 Å². The number of anilines is 2. The third-order valence-corrected chi connectivity index (χ3v) is 2.19. The lowest BCUT2D eigenvalue weighted by Gasteiger charge is -2.15. The van der Waals surface area contributed by atoms with Crippen molar-refractivity contribution in [3.63, 3.8) is 0 Å². The summed E-state index contributed by atoms with van der Waals surface area (Å²) < 4.78 is 0. The van der Waals surface area contributed by atoms with Gasteiger partial charge in [0.25, 0.3) is 0 Å². The van der Waals surface area contributed by atoms with Crippen LogP contribution in [-0.2, 0) is 4.79 Å². The fourth-order valence-corrected chi connectivity index (χ4v) is 1.37. The Morgan fingerprint density at radius 1 is 1.28 bits per heavy atom. The van der Waals surface area contributed by atoms with Crippen LogP contribution >= 0.6 is 0 Å². The van der Waals surface area contributed by atoms with Crippen LogP contribution in [-0.4, -0.2) is 30.4 Å². The summed E-state index contributed by atoms with van der Waals surface area (Å²) in [6, 6.07) is 10.7. The Morgan fingerprint density at radius 3 is 2.44 bits per heavy atom. The fraction of sp³-hybridized carbons (Fsp3) is 0.250. The van der Waals surface area contributed by atoms with Gasteiger partial charge in [-0.15, -0.1) is 0 Å². The van der Waals surface area contributed by atoms with Gasteiger partial charge in [-0.2, -0.15) is 10.5 Å². The first-order valence-electron chi connectivity index (χ1n) is 5.28. The molecule has 6 nitrogen and oxygen atoms in total. The van der Waals surface area contributed by atoms with Gasteiger partial charge >= 0.3 is 0 Å². The number of benzene rings is 1. The van der Waals surface area contributed by atoms with Crippen LogP contribution in [0, 0.1) is 22.7 Å². The molecule has 3 N–H and O–H groups in total. The smallest absolute Gasteiger partial charge is 0.238 e. The maximum atomic E-state index is 11.7. The molecule has 0 bridgehead atoms. The quantitative estimate of drug-likeness (QED) is 0.580. The van der Waals surface area contributed by atoms with Gasteiger partial charge in [0.15, 0.2) is 0 Å². The van der Waals surface area contributed by atoms with Crippen LogP contribution in [0.4, 0.5) is 11.4 Å². The standard InChI is InChI=1S/C12H13N5O/c13-5-7-17(8-6-14)9-12(18)16-11-4-2-1-3-10(11)15/h1-4H,7-9,15H2,(H,16,18). The van der Waals surface area contributed by atoms with E-state index in [9.17, 15) is 4.79 Å². The first-order valence-corrected chi connectivity index (χ1v) is 5.28. The van der Waals surface area contributed by atoms with E-state index < -0.39 is 0 Å². The molecule has 1 aromatic rings. The molecule has 18 heavy (non-hydrogen) atoms. The van der Waals surface area contributed by atoms with E-state index in [2.05, 4.69) is 5.32 Å². The monoisotopic (exact) mass is 243 g/mol. The fourth-order valence-electron chi connectivity index (χ4n) is 1.37. The second kappa shape index (κ2) is 6.89. The maximum absolute atomic E-state index is 11.7. The summed E-state index contributed by atoms with van der Waals surface area (Å²) in [7, 11) is 0. The molecular formula is C12H13N5O. The third kappa shape index (κ3) is 4.12. The Balaban J connectivity index is 2.59. The first-order chi connectivity index (χ1) is 8.67. The molecule has 0 unspecified atom stereocenters. The summed E-state index contributed by atoms with van der Waals surface area (Å²) >= 11 is 0. The molecule has 0 aliphatic heterocycles. The van der Waals surface area contributed by atoms with Crippen LogP contribution in [0.2, 0.25) is 0 Å². The summed E-state index contributed by atoms with van der Waals surface area (Å²) in [4.78, 5) is 13.1. The average molecular weight is 243 g/mol. The van der Waals surface area contributed by atoms with Crippen LogP contribution in [0.25, 0.3) is 0 Å². The van der Waals surface area contributed by atoms with Gasteiger partial charge in [0, 0.05) is 0 Å². The zero-order valence-electron chi connectivity index (χ0n) is 9.76. The second-order valence-electron chi connectivity index (χ2n) is 3.60. The Labute approximate surface area is 105 Å². The van der Waals surface area contributed by atoms with Gasteiger partial charge in [0.2, 0.25) is 5.91 Å². The maximum Gasteiger partial charge on any atom is 0.238 e. The van der Waals surface area contributed by atoms with Crippen molar-refractivity contribution >= 4 is 17.3 Å². The van der Waals surface area contributed by atoms with Crippen LogP contribution in [0.3, 0.4) is 0 Å². The SMILES string of the molecule is N#CCN(CC#N)CC(=O)Nc1ccccc1N. The number of amides is 1. The van der Waals surface area contributed by atoms with Crippen LogP contribution in [0.5, 0.6) is 0 Å². The molecule has 1 rings (SSSR count). The van der Waals surface area contributed by atoms with Gasteiger partial charge in [-0.3, -0.25) is 9.69 Å². The highest BCUT2D eigenvalue weighted by atomic mass is 16.2. The molecule has 1 amide bonds. The van der Waals surface area contributed by atoms with E-state index in [0.29, 0.717) is 11.4 Å². The highest BCUT2D eigenvalue weighted by Crippen LogP contribution is 2.16. The molecule has 0 atom stereocenters. The van der Waals surface area contributed by atoms with Gasteiger partial charge in [-0.05, 0) is 12.1 Å². The molecule has 0 spiro atoms. The summed E-state index contributed by atoms with van der Waals surface area (Å²) in [6.45, 7) is 0.0476. The number of nitrogens with one attached hydrogen (secondary N) is 1. The van der Waals surface area contributed by atoms with Crippen molar-refractivity contribution in [2.45, 2.75) is 0 Å². The van der Waals surface area contributed by atoms with E-state index in [0.717, 1.165) is 0 Å². The number of nitrogens with two attached hydrogens (primary N) is 1. The Hall–Kier alpha value is -2.57. The van der Waals surface area contributed by atoms with Gasteiger partial charge in [-0.1, -0.05) is 12.1 Å². The van der Waals surface area contributed by atoms with Crippen LogP contribution < -0.4 is 11.1 Å². The summed E-state index contributed by atoms with van der Waals surface area (Å²) in [5, 5.41) is 19.7. The molecule has 6 heteroatoms. The molecule has 0 aliphatic carbocycles. The topological polar surface area (TPSA) is 106 Å². The molecule has 0 aliphatic rings. The molecule has 0 saturated carbocycles. The van der Waals surface area contributed by atoms with E-state index in [-0.39, 0.29) is 25.5 Å². The number of rotatable bonds is 5. The molecule has 0 aromatic heterocycles. The van der Waals surface area contributed by atoms with E-state index >= 15 is 0 Å². The van der Waals surface area contributed by atoms with Gasteiger partial charge < -0.3 is 11.1 Å². The largest absolute Gasteiger partial charge is 0.397 e. The number of carbonyl (C=O) groups is 1. The molecular weight excluding hydrogens is 230 g/mol. The summed E-state index contributed by atoms with van der Waals surface area (Å²) in [5.41, 5.74) is 6.68. The summed E-state index contributed by atoms with van der Waals surface area (Å²) in [5.74, 6) is -0.307. The van der Waals surface area contributed by atoms with Gasteiger partial charge in [0.05, 0.1) is 43.1 Å². The highest BCUT2D eigenvalue weighted by molar-refractivity contribution is 5.95. The molecule has 92 valence electrons. The van der Waals surface area contributed by atoms with Crippen molar-refractivity contribution in [2.75, 3.05) is 30.7 Å². The second-order valence-corrected chi connectivity index (χ2v) is 3.60. The summed E-state index contributed by atoms with van der Waals surface area (Å²) in [6.07, 6.45) is 0. The Bertz CT molecular complexity index is 484. The number of hydrogen-bond acceptors (Lipinski definition) is 5. The average Bonchev–Trinajstić information content (AvgIpc) is 2.33. The normalized spacial score (nSPS) is 9.50. The molecule has 0 heterocycles. The van der Waals surface area contributed by atoms with Gasteiger partial charge in [0.1, 0.15) is 0 Å². The molecule has 0 fully saturated rings. The van der Waals surface area contributed by atoms with Crippen LogP contribution in [0.15, 0.2) is 24.3 Å². The van der Waals surface area contributed by atoms with Crippen molar-refractivity contribution in [1.82, 2.24) is 4.90 Å².